The second-order valence-electron chi connectivity index (χ2n) is 6.70. The maximum absolute atomic E-state index is 14.1. The predicted octanol–water partition coefficient (Wildman–Crippen LogP) is 3.87. The van der Waals surface area contributed by atoms with Crippen LogP contribution in [0.3, 0.4) is 0 Å². The summed E-state index contributed by atoms with van der Waals surface area (Å²) in [7, 11) is -3.06. The molecule has 0 radical (unpaired) electrons. The summed E-state index contributed by atoms with van der Waals surface area (Å²) in [5, 5.41) is 0. The molecule has 25 heavy (non-hydrogen) atoms. The average Bonchev–Trinajstić information content (AvgIpc) is 2.69. The molecule has 0 bridgehead atoms. The minimum Gasteiger partial charge on any atom is -0.379 e. The molecule has 0 saturated carbocycles. The molecule has 2 fully saturated rings. The Morgan fingerprint density at radius 3 is 2.88 bits per heavy atom. The van der Waals surface area contributed by atoms with E-state index in [4.69, 9.17) is 9.26 Å². The van der Waals surface area contributed by atoms with E-state index in [0.29, 0.717) is 32.9 Å². The monoisotopic (exact) mass is 367 g/mol. The van der Waals surface area contributed by atoms with Gasteiger partial charge >= 0.3 is 7.67 Å². The van der Waals surface area contributed by atoms with Gasteiger partial charge in [0.1, 0.15) is 0 Å². The van der Waals surface area contributed by atoms with Gasteiger partial charge in [-0.25, -0.2) is 9.34 Å². The lowest BCUT2D eigenvalue weighted by atomic mass is 9.99. The summed E-state index contributed by atoms with van der Waals surface area (Å²) in [6, 6.07) is 4.16. The predicted molar refractivity (Wildman–Crippen MR) is 98.4 cm³/mol. The number of pyridine rings is 1. The highest BCUT2D eigenvalue weighted by atomic mass is 31.2. The average molecular weight is 367 g/mol. The highest BCUT2D eigenvalue weighted by Crippen LogP contribution is 2.59. The van der Waals surface area contributed by atoms with E-state index in [1.807, 2.05) is 16.9 Å². The molecule has 140 valence electrons. The standard InChI is InChI=1S/C18H30N3O3P/c1-2-3-13-24-25(22,20-11-14-23-15-12-20)21-10-5-4-8-18(21)17-7-6-9-19-16-17/h6-7,9,16,18H,2-5,8,10-15H2,1H3/t18-,25?/m0/s1. The van der Waals surface area contributed by atoms with Crippen molar-refractivity contribution < 1.29 is 13.8 Å². The van der Waals surface area contributed by atoms with Crippen LogP contribution in [-0.2, 0) is 13.8 Å². The Kier molecular flexibility index (Phi) is 7.02. The second kappa shape index (κ2) is 9.24. The molecular formula is C18H30N3O3P. The number of aromatic nitrogens is 1. The molecule has 0 amide bonds. The third-order valence-corrected chi connectivity index (χ3v) is 7.73. The van der Waals surface area contributed by atoms with Gasteiger partial charge in [0.2, 0.25) is 0 Å². The van der Waals surface area contributed by atoms with E-state index in [9.17, 15) is 4.57 Å². The largest absolute Gasteiger partial charge is 0.379 e. The van der Waals surface area contributed by atoms with Gasteiger partial charge < -0.3 is 9.26 Å². The lowest BCUT2D eigenvalue weighted by Gasteiger charge is -2.45. The van der Waals surface area contributed by atoms with Gasteiger partial charge in [0, 0.05) is 38.1 Å². The molecule has 3 rings (SSSR count). The van der Waals surface area contributed by atoms with Gasteiger partial charge in [-0.15, -0.1) is 0 Å². The summed E-state index contributed by atoms with van der Waals surface area (Å²) in [4.78, 5) is 4.27. The Labute approximate surface area is 151 Å². The molecule has 1 aromatic heterocycles. The molecule has 0 aromatic carbocycles. The van der Waals surface area contributed by atoms with E-state index in [1.54, 1.807) is 6.20 Å². The first-order valence-electron chi connectivity index (χ1n) is 9.50. The number of hydrogen-bond donors (Lipinski definition) is 0. The van der Waals surface area contributed by atoms with Crippen LogP contribution in [0.1, 0.15) is 50.6 Å². The van der Waals surface area contributed by atoms with Gasteiger partial charge in [0.25, 0.3) is 0 Å². The molecule has 3 heterocycles. The Morgan fingerprint density at radius 1 is 1.32 bits per heavy atom. The summed E-state index contributed by atoms with van der Waals surface area (Å²) in [5.41, 5.74) is 1.13. The fourth-order valence-electron chi connectivity index (χ4n) is 3.58. The van der Waals surface area contributed by atoms with E-state index >= 15 is 0 Å². The van der Waals surface area contributed by atoms with Crippen molar-refractivity contribution >= 4 is 7.67 Å². The van der Waals surface area contributed by atoms with Crippen molar-refractivity contribution in [1.82, 2.24) is 14.3 Å². The molecule has 2 saturated heterocycles. The molecule has 1 unspecified atom stereocenters. The van der Waals surface area contributed by atoms with Crippen molar-refractivity contribution in [3.8, 4) is 0 Å². The van der Waals surface area contributed by atoms with Crippen molar-refractivity contribution in [3.63, 3.8) is 0 Å². The first kappa shape index (κ1) is 19.0. The van der Waals surface area contributed by atoms with Crippen LogP contribution >= 0.6 is 7.67 Å². The molecule has 0 N–H and O–H groups in total. The molecule has 0 aliphatic carbocycles. The number of piperidine rings is 1. The van der Waals surface area contributed by atoms with Gasteiger partial charge in [-0.1, -0.05) is 25.8 Å². The van der Waals surface area contributed by atoms with Gasteiger partial charge in [0.05, 0.1) is 19.8 Å². The summed E-state index contributed by atoms with van der Waals surface area (Å²) in [6.07, 6.45) is 8.86. The van der Waals surface area contributed by atoms with Crippen molar-refractivity contribution in [3.05, 3.63) is 30.1 Å². The molecule has 1 aromatic rings. The van der Waals surface area contributed by atoms with Crippen LogP contribution in [0, 0.1) is 0 Å². The maximum atomic E-state index is 14.1. The van der Waals surface area contributed by atoms with Gasteiger partial charge in [-0.2, -0.15) is 0 Å². The van der Waals surface area contributed by atoms with E-state index < -0.39 is 7.67 Å². The first-order chi connectivity index (χ1) is 12.3. The SMILES string of the molecule is CCCCOP(=O)(N1CCOCC1)N1CCCC[C@H]1c1cccnc1. The number of rotatable bonds is 7. The van der Waals surface area contributed by atoms with Crippen LogP contribution in [0.5, 0.6) is 0 Å². The van der Waals surface area contributed by atoms with Crippen LogP contribution < -0.4 is 0 Å². The third kappa shape index (κ3) is 4.50. The lowest BCUT2D eigenvalue weighted by molar-refractivity contribution is 0.0534. The van der Waals surface area contributed by atoms with Crippen LogP contribution in [-0.4, -0.2) is 53.8 Å². The molecule has 2 atom stereocenters. The van der Waals surface area contributed by atoms with E-state index in [0.717, 1.165) is 44.2 Å². The number of nitrogens with zero attached hydrogens (tertiary/aromatic N) is 3. The van der Waals surface area contributed by atoms with Crippen LogP contribution in [0.2, 0.25) is 0 Å². The summed E-state index contributed by atoms with van der Waals surface area (Å²) in [6.45, 7) is 6.04. The second-order valence-corrected chi connectivity index (χ2v) is 9.02. The van der Waals surface area contributed by atoms with Crippen molar-refractivity contribution in [1.29, 1.82) is 0 Å². The van der Waals surface area contributed by atoms with E-state index in [-0.39, 0.29) is 6.04 Å². The number of unbranched alkanes of at least 4 members (excludes halogenated alkanes) is 1. The van der Waals surface area contributed by atoms with Crippen LogP contribution in [0.4, 0.5) is 0 Å². The van der Waals surface area contributed by atoms with Gasteiger partial charge in [0.15, 0.2) is 0 Å². The number of morpholine rings is 1. The van der Waals surface area contributed by atoms with Crippen molar-refractivity contribution in [2.24, 2.45) is 0 Å². The minimum absolute atomic E-state index is 0.109. The molecule has 7 heteroatoms. The Balaban J connectivity index is 1.87. The van der Waals surface area contributed by atoms with Gasteiger partial charge in [-0.05, 0) is 30.9 Å². The smallest absolute Gasteiger partial charge is 0.346 e. The summed E-state index contributed by atoms with van der Waals surface area (Å²) < 4.78 is 29.9. The summed E-state index contributed by atoms with van der Waals surface area (Å²) >= 11 is 0. The van der Waals surface area contributed by atoms with Gasteiger partial charge in [-0.3, -0.25) is 9.55 Å². The van der Waals surface area contributed by atoms with Crippen molar-refractivity contribution in [2.45, 2.75) is 45.1 Å². The minimum atomic E-state index is -3.06. The molecule has 2 aliphatic heterocycles. The van der Waals surface area contributed by atoms with E-state index in [2.05, 4.69) is 22.6 Å². The molecule has 6 nitrogen and oxygen atoms in total. The molecule has 0 spiro atoms. The highest BCUT2D eigenvalue weighted by molar-refractivity contribution is 7.54. The molecule has 2 aliphatic rings. The summed E-state index contributed by atoms with van der Waals surface area (Å²) in [5.74, 6) is 0. The zero-order valence-corrected chi connectivity index (χ0v) is 16.1. The highest BCUT2D eigenvalue weighted by Gasteiger charge is 2.44. The fraction of sp³-hybridized carbons (Fsp3) is 0.722. The zero-order valence-electron chi connectivity index (χ0n) is 15.2. The molecular weight excluding hydrogens is 337 g/mol. The quantitative estimate of drug-likeness (QED) is 0.539. The maximum Gasteiger partial charge on any atom is 0.346 e. The Bertz CT molecular complexity index is 566. The number of ether oxygens (including phenoxy) is 1. The normalized spacial score (nSPS) is 25.6. The Morgan fingerprint density at radius 2 is 2.16 bits per heavy atom. The first-order valence-corrected chi connectivity index (χ1v) is 11.0. The lowest BCUT2D eigenvalue weighted by Crippen LogP contribution is -2.42. The van der Waals surface area contributed by atoms with E-state index in [1.165, 1.54) is 0 Å². The topological polar surface area (TPSA) is 54.9 Å². The van der Waals surface area contributed by atoms with Crippen molar-refractivity contribution in [2.75, 3.05) is 39.5 Å². The zero-order chi connectivity index (χ0) is 17.5. The Hall–Kier alpha value is -0.780. The number of hydrogen-bond acceptors (Lipinski definition) is 4. The van der Waals surface area contributed by atoms with Crippen LogP contribution in [0.25, 0.3) is 0 Å². The fourth-order valence-corrected chi connectivity index (χ4v) is 6.25. The third-order valence-electron chi connectivity index (χ3n) is 4.97. The van der Waals surface area contributed by atoms with Crippen LogP contribution in [0.15, 0.2) is 24.5 Å².